The van der Waals surface area contributed by atoms with Crippen molar-refractivity contribution in [2.45, 2.75) is 12.3 Å². The van der Waals surface area contributed by atoms with Crippen molar-refractivity contribution in [3.05, 3.63) is 41.6 Å². The second-order valence-electron chi connectivity index (χ2n) is 3.10. The molecule has 0 aromatic carbocycles. The third-order valence-corrected chi connectivity index (χ3v) is 6.27. The van der Waals surface area contributed by atoms with Gasteiger partial charge in [-0.15, -0.1) is 34.3 Å². The summed E-state index contributed by atoms with van der Waals surface area (Å²) in [4.78, 5) is 2.23. The molecule has 0 fully saturated rings. The molecule has 0 nitrogen and oxygen atoms in total. The summed E-state index contributed by atoms with van der Waals surface area (Å²) < 4.78 is 1.89. The van der Waals surface area contributed by atoms with Gasteiger partial charge in [0.05, 0.1) is 4.34 Å². The van der Waals surface area contributed by atoms with Gasteiger partial charge in [0.2, 0.25) is 0 Å². The van der Waals surface area contributed by atoms with Crippen LogP contribution in [-0.2, 0) is 0 Å². The summed E-state index contributed by atoms with van der Waals surface area (Å²) >= 11 is 19.1. The predicted octanol–water partition coefficient (Wildman–Crippen LogP) is 5.86. The van der Waals surface area contributed by atoms with E-state index in [2.05, 4.69) is 22.0 Å². The van der Waals surface area contributed by atoms with E-state index in [1.807, 2.05) is 18.4 Å². The quantitative estimate of drug-likeness (QED) is 0.600. The molecule has 5 heteroatoms. The van der Waals surface area contributed by atoms with E-state index >= 15 is 0 Å². The fourth-order valence-electron chi connectivity index (χ4n) is 1.22. The Hall–Kier alpha value is 0.460. The summed E-state index contributed by atoms with van der Waals surface area (Å²) in [6.45, 7) is 2.00. The average molecular weight is 342 g/mol. The largest absolute Gasteiger partial charge is 0.146 e. The van der Waals surface area contributed by atoms with Crippen molar-refractivity contribution in [2.75, 3.05) is 0 Å². The third-order valence-electron chi connectivity index (χ3n) is 2.00. The van der Waals surface area contributed by atoms with Crippen LogP contribution in [0.1, 0.15) is 20.7 Å². The minimum Gasteiger partial charge on any atom is -0.146 e. The molecular formula is C10H7BrCl2S2. The SMILES string of the molecule is Cc1cc(C(Cl)c2sccc2Br)sc1Cl. The molecule has 0 saturated heterocycles. The molecule has 0 amide bonds. The number of hydrogen-bond acceptors (Lipinski definition) is 2. The lowest BCUT2D eigenvalue weighted by Gasteiger charge is -2.04. The topological polar surface area (TPSA) is 0 Å². The van der Waals surface area contributed by atoms with E-state index in [1.54, 1.807) is 22.7 Å². The van der Waals surface area contributed by atoms with Crippen LogP contribution < -0.4 is 0 Å². The smallest absolute Gasteiger partial charge is 0.103 e. The summed E-state index contributed by atoms with van der Waals surface area (Å²) in [5.41, 5.74) is 1.09. The van der Waals surface area contributed by atoms with Crippen molar-refractivity contribution in [1.82, 2.24) is 0 Å². The number of thiophene rings is 2. The first kappa shape index (κ1) is 11.9. The monoisotopic (exact) mass is 340 g/mol. The molecule has 0 bridgehead atoms. The lowest BCUT2D eigenvalue weighted by atomic mass is 10.2. The van der Waals surface area contributed by atoms with Crippen LogP contribution in [-0.4, -0.2) is 0 Å². The number of hydrogen-bond donors (Lipinski definition) is 0. The summed E-state index contributed by atoms with van der Waals surface area (Å²) in [6.07, 6.45) is 0. The van der Waals surface area contributed by atoms with Crippen molar-refractivity contribution in [2.24, 2.45) is 0 Å². The first-order valence-electron chi connectivity index (χ1n) is 4.22. The minimum atomic E-state index is -0.101. The Morgan fingerprint density at radius 2 is 2.20 bits per heavy atom. The van der Waals surface area contributed by atoms with Gasteiger partial charge in [0.15, 0.2) is 0 Å². The van der Waals surface area contributed by atoms with Crippen molar-refractivity contribution < 1.29 is 0 Å². The van der Waals surface area contributed by atoms with Crippen LogP contribution in [0.25, 0.3) is 0 Å². The summed E-state index contributed by atoms with van der Waals surface area (Å²) in [5.74, 6) is 0. The van der Waals surface area contributed by atoms with Gasteiger partial charge in [0.1, 0.15) is 5.38 Å². The predicted molar refractivity (Wildman–Crippen MR) is 73.8 cm³/mol. The molecular weight excluding hydrogens is 335 g/mol. The molecule has 0 aliphatic carbocycles. The molecule has 80 valence electrons. The normalized spacial score (nSPS) is 13.1. The van der Waals surface area contributed by atoms with Gasteiger partial charge in [-0.3, -0.25) is 0 Å². The van der Waals surface area contributed by atoms with Crippen molar-refractivity contribution in [1.29, 1.82) is 0 Å². The van der Waals surface area contributed by atoms with E-state index < -0.39 is 0 Å². The zero-order valence-electron chi connectivity index (χ0n) is 7.76. The second-order valence-corrected chi connectivity index (χ2v) is 7.03. The van der Waals surface area contributed by atoms with E-state index in [9.17, 15) is 0 Å². The first-order chi connectivity index (χ1) is 7.09. The van der Waals surface area contributed by atoms with E-state index in [1.165, 1.54) is 0 Å². The third kappa shape index (κ3) is 2.42. The maximum atomic E-state index is 6.40. The average Bonchev–Trinajstić information content (AvgIpc) is 2.74. The van der Waals surface area contributed by atoms with Gasteiger partial charge in [-0.05, 0) is 45.9 Å². The Labute approximate surface area is 115 Å². The zero-order chi connectivity index (χ0) is 11.0. The summed E-state index contributed by atoms with van der Waals surface area (Å²) in [6, 6.07) is 4.06. The summed E-state index contributed by atoms with van der Waals surface area (Å²) in [5, 5.41) is 1.92. The Balaban J connectivity index is 2.36. The minimum absolute atomic E-state index is 0.101. The maximum Gasteiger partial charge on any atom is 0.103 e. The van der Waals surface area contributed by atoms with Crippen LogP contribution in [0.15, 0.2) is 22.0 Å². The second kappa shape index (κ2) is 4.76. The lowest BCUT2D eigenvalue weighted by molar-refractivity contribution is 1.22. The van der Waals surface area contributed by atoms with Crippen molar-refractivity contribution >= 4 is 61.8 Å². The molecule has 0 aliphatic rings. The fraction of sp³-hybridized carbons (Fsp3) is 0.200. The van der Waals surface area contributed by atoms with Crippen LogP contribution in [0.4, 0.5) is 0 Å². The molecule has 0 aliphatic heterocycles. The molecule has 1 unspecified atom stereocenters. The van der Waals surface area contributed by atoms with Crippen LogP contribution in [0.2, 0.25) is 4.34 Å². The highest BCUT2D eigenvalue weighted by Crippen LogP contribution is 2.42. The maximum absolute atomic E-state index is 6.40. The van der Waals surface area contributed by atoms with Crippen molar-refractivity contribution in [3.8, 4) is 0 Å². The van der Waals surface area contributed by atoms with Gasteiger partial charge >= 0.3 is 0 Å². The van der Waals surface area contributed by atoms with E-state index in [-0.39, 0.29) is 5.38 Å². The Morgan fingerprint density at radius 1 is 1.47 bits per heavy atom. The number of aryl methyl sites for hydroxylation is 1. The Bertz CT molecular complexity index is 456. The Kier molecular flexibility index (Phi) is 3.79. The molecule has 2 heterocycles. The number of alkyl halides is 1. The highest BCUT2D eigenvalue weighted by Gasteiger charge is 2.18. The standard InChI is InChI=1S/C10H7BrCl2S2/c1-5-4-7(15-10(5)13)8(12)9-6(11)2-3-14-9/h2-4,8H,1H3. The van der Waals surface area contributed by atoms with Crippen molar-refractivity contribution in [3.63, 3.8) is 0 Å². The molecule has 0 radical (unpaired) electrons. The van der Waals surface area contributed by atoms with E-state index in [4.69, 9.17) is 23.2 Å². The first-order valence-corrected chi connectivity index (χ1v) is 7.52. The van der Waals surface area contributed by atoms with E-state index in [0.717, 1.165) is 24.1 Å². The zero-order valence-corrected chi connectivity index (χ0v) is 12.5. The molecule has 0 saturated carbocycles. The molecule has 2 rings (SSSR count). The van der Waals surface area contributed by atoms with Gasteiger partial charge in [-0.2, -0.15) is 0 Å². The van der Waals surface area contributed by atoms with Gasteiger partial charge in [0.25, 0.3) is 0 Å². The Morgan fingerprint density at radius 3 is 2.67 bits per heavy atom. The van der Waals surface area contributed by atoms with Gasteiger partial charge < -0.3 is 0 Å². The highest BCUT2D eigenvalue weighted by atomic mass is 79.9. The molecule has 15 heavy (non-hydrogen) atoms. The van der Waals surface area contributed by atoms with E-state index in [0.29, 0.717) is 0 Å². The van der Waals surface area contributed by atoms with Crippen LogP contribution in [0.3, 0.4) is 0 Å². The van der Waals surface area contributed by atoms with Gasteiger partial charge in [-0.25, -0.2) is 0 Å². The lowest BCUT2D eigenvalue weighted by Crippen LogP contribution is -1.86. The molecule has 2 aromatic rings. The van der Waals surface area contributed by atoms with Crippen LogP contribution in [0.5, 0.6) is 0 Å². The van der Waals surface area contributed by atoms with Gasteiger partial charge in [0, 0.05) is 14.2 Å². The van der Waals surface area contributed by atoms with Crippen LogP contribution >= 0.6 is 61.8 Å². The molecule has 1 atom stereocenters. The van der Waals surface area contributed by atoms with Crippen LogP contribution in [0, 0.1) is 6.92 Å². The van der Waals surface area contributed by atoms with Gasteiger partial charge in [-0.1, -0.05) is 11.6 Å². The summed E-state index contributed by atoms with van der Waals surface area (Å²) in [7, 11) is 0. The number of rotatable bonds is 2. The molecule has 2 aromatic heterocycles. The highest BCUT2D eigenvalue weighted by molar-refractivity contribution is 9.10. The fourth-order valence-corrected chi connectivity index (χ4v) is 4.70. The molecule has 0 spiro atoms. The number of halogens is 3. The molecule has 0 N–H and O–H groups in total.